The standard InChI is InChI=1S/C23H21ClF3N5/c1-31(12-14-6-7-14)13-21-30-29-20-11-28-22(16-4-2-3-5-18(16)24)17-10-15(23(25,26)27)8-9-19(17)32(20)21/h2-5,8-10,14H,6-7,11-13H2,1H3. The van der Waals surface area contributed by atoms with E-state index >= 15 is 0 Å². The SMILES string of the molecule is CN(Cc1nnc2n1-c1ccc(C(F)(F)F)cc1C(c1ccccc1Cl)=NC2)CC1CC1. The van der Waals surface area contributed by atoms with Crippen molar-refractivity contribution in [1.29, 1.82) is 0 Å². The number of halogens is 4. The van der Waals surface area contributed by atoms with Crippen molar-refractivity contribution >= 4 is 17.3 Å². The van der Waals surface area contributed by atoms with Gasteiger partial charge in [0.1, 0.15) is 6.54 Å². The first-order chi connectivity index (χ1) is 15.3. The first-order valence-electron chi connectivity index (χ1n) is 10.4. The first kappa shape index (κ1) is 21.2. The van der Waals surface area contributed by atoms with Crippen molar-refractivity contribution in [2.45, 2.75) is 32.1 Å². The number of aromatic nitrogens is 3. The lowest BCUT2D eigenvalue weighted by Crippen LogP contribution is -2.23. The van der Waals surface area contributed by atoms with E-state index in [9.17, 15) is 13.2 Å². The second-order valence-corrected chi connectivity index (χ2v) is 8.79. The summed E-state index contributed by atoms with van der Waals surface area (Å²) in [5.74, 6) is 1.98. The molecule has 1 fully saturated rings. The van der Waals surface area contributed by atoms with Gasteiger partial charge in [-0.05, 0) is 50.1 Å². The van der Waals surface area contributed by atoms with Gasteiger partial charge < -0.3 is 0 Å². The molecule has 5 nitrogen and oxygen atoms in total. The highest BCUT2D eigenvalue weighted by molar-refractivity contribution is 6.35. The molecule has 0 amide bonds. The summed E-state index contributed by atoms with van der Waals surface area (Å²) >= 11 is 6.40. The topological polar surface area (TPSA) is 46.3 Å². The quantitative estimate of drug-likeness (QED) is 0.531. The fourth-order valence-corrected chi connectivity index (χ4v) is 4.32. The van der Waals surface area contributed by atoms with Crippen LogP contribution in [0.1, 0.15) is 41.2 Å². The zero-order chi connectivity index (χ0) is 22.5. The fourth-order valence-electron chi connectivity index (χ4n) is 4.10. The van der Waals surface area contributed by atoms with Gasteiger partial charge in [-0.15, -0.1) is 10.2 Å². The molecule has 166 valence electrons. The van der Waals surface area contributed by atoms with Crippen LogP contribution in [0, 0.1) is 5.92 Å². The smallest absolute Gasteiger partial charge is 0.299 e. The van der Waals surface area contributed by atoms with Gasteiger partial charge in [0.25, 0.3) is 0 Å². The average molecular weight is 460 g/mol. The van der Waals surface area contributed by atoms with Gasteiger partial charge >= 0.3 is 6.18 Å². The Morgan fingerprint density at radius 3 is 2.59 bits per heavy atom. The third-order valence-corrected chi connectivity index (χ3v) is 6.13. The van der Waals surface area contributed by atoms with E-state index in [1.54, 1.807) is 24.3 Å². The minimum Gasteiger partial charge on any atom is -0.299 e. The van der Waals surface area contributed by atoms with Crippen LogP contribution in [0.15, 0.2) is 47.5 Å². The van der Waals surface area contributed by atoms with Crippen LogP contribution < -0.4 is 0 Å². The van der Waals surface area contributed by atoms with Crippen LogP contribution in [-0.4, -0.2) is 39.0 Å². The number of fused-ring (bicyclic) bond motifs is 3. The zero-order valence-corrected chi connectivity index (χ0v) is 18.2. The van der Waals surface area contributed by atoms with E-state index in [-0.39, 0.29) is 6.54 Å². The molecular formula is C23H21ClF3N5. The van der Waals surface area contributed by atoms with Crippen molar-refractivity contribution in [3.8, 4) is 5.69 Å². The maximum atomic E-state index is 13.6. The minimum absolute atomic E-state index is 0.190. The predicted octanol–water partition coefficient (Wildman–Crippen LogP) is 5.13. The van der Waals surface area contributed by atoms with Crippen LogP contribution >= 0.6 is 11.6 Å². The molecule has 5 rings (SSSR count). The highest BCUT2D eigenvalue weighted by Crippen LogP contribution is 2.35. The maximum absolute atomic E-state index is 13.6. The molecule has 1 saturated carbocycles. The summed E-state index contributed by atoms with van der Waals surface area (Å²) in [5, 5.41) is 9.08. The summed E-state index contributed by atoms with van der Waals surface area (Å²) in [6, 6.07) is 10.8. The van der Waals surface area contributed by atoms with Crippen molar-refractivity contribution < 1.29 is 13.2 Å². The van der Waals surface area contributed by atoms with Crippen molar-refractivity contribution in [3.63, 3.8) is 0 Å². The summed E-state index contributed by atoms with van der Waals surface area (Å²) in [4.78, 5) is 6.82. The predicted molar refractivity (Wildman–Crippen MR) is 116 cm³/mol. The lowest BCUT2D eigenvalue weighted by molar-refractivity contribution is -0.137. The Hall–Kier alpha value is -2.71. The number of hydrogen-bond acceptors (Lipinski definition) is 4. The number of aliphatic imine (C=N–C) groups is 1. The molecule has 1 aliphatic heterocycles. The number of hydrogen-bond donors (Lipinski definition) is 0. The van der Waals surface area contributed by atoms with Gasteiger partial charge in [-0.2, -0.15) is 13.2 Å². The Bertz CT molecular complexity index is 1200. The van der Waals surface area contributed by atoms with E-state index in [2.05, 4.69) is 20.1 Å². The van der Waals surface area contributed by atoms with Crippen molar-refractivity contribution in [2.24, 2.45) is 10.9 Å². The number of nitrogens with zero attached hydrogens (tertiary/aromatic N) is 5. The summed E-state index contributed by atoms with van der Waals surface area (Å²) in [6.45, 7) is 1.70. The normalized spacial score (nSPS) is 15.9. The molecule has 0 bridgehead atoms. The largest absolute Gasteiger partial charge is 0.416 e. The van der Waals surface area contributed by atoms with E-state index < -0.39 is 11.7 Å². The lowest BCUT2D eigenvalue weighted by Gasteiger charge is -2.19. The molecule has 0 atom stereocenters. The van der Waals surface area contributed by atoms with Gasteiger partial charge in [0.2, 0.25) is 0 Å². The van der Waals surface area contributed by atoms with Gasteiger partial charge in [-0.25, -0.2) is 0 Å². The van der Waals surface area contributed by atoms with Crippen LogP contribution in [0.25, 0.3) is 5.69 Å². The summed E-state index contributed by atoms with van der Waals surface area (Å²) in [6.07, 6.45) is -2.00. The lowest BCUT2D eigenvalue weighted by atomic mass is 9.98. The van der Waals surface area contributed by atoms with E-state index in [1.807, 2.05) is 11.6 Å². The van der Waals surface area contributed by atoms with Crippen molar-refractivity contribution in [3.05, 3.63) is 75.8 Å². The molecule has 9 heteroatoms. The van der Waals surface area contributed by atoms with E-state index in [4.69, 9.17) is 11.6 Å². The third kappa shape index (κ3) is 4.04. The molecular weight excluding hydrogens is 439 g/mol. The van der Waals surface area contributed by atoms with Gasteiger partial charge in [-0.3, -0.25) is 14.5 Å². The van der Waals surface area contributed by atoms with E-state index in [1.165, 1.54) is 18.9 Å². The highest BCUT2D eigenvalue weighted by atomic mass is 35.5. The van der Waals surface area contributed by atoms with Crippen LogP contribution in [-0.2, 0) is 19.3 Å². The highest BCUT2D eigenvalue weighted by Gasteiger charge is 2.33. The summed E-state index contributed by atoms with van der Waals surface area (Å²) in [7, 11) is 2.02. The molecule has 0 saturated heterocycles. The zero-order valence-electron chi connectivity index (χ0n) is 17.4. The van der Waals surface area contributed by atoms with Gasteiger partial charge in [0.15, 0.2) is 11.6 Å². The monoisotopic (exact) mass is 459 g/mol. The number of alkyl halides is 3. The van der Waals surface area contributed by atoms with Crippen LogP contribution in [0.2, 0.25) is 5.02 Å². The van der Waals surface area contributed by atoms with Crippen LogP contribution in [0.3, 0.4) is 0 Å². The minimum atomic E-state index is -4.48. The number of benzene rings is 2. The molecule has 0 spiro atoms. The van der Waals surface area contributed by atoms with Gasteiger partial charge in [0, 0.05) is 22.7 Å². The van der Waals surface area contributed by atoms with Crippen molar-refractivity contribution in [2.75, 3.05) is 13.6 Å². The molecule has 1 aromatic heterocycles. The molecule has 0 radical (unpaired) electrons. The van der Waals surface area contributed by atoms with E-state index in [0.29, 0.717) is 51.7 Å². The fraction of sp³-hybridized carbons (Fsp3) is 0.348. The molecule has 0 unspecified atom stereocenters. The molecule has 0 N–H and O–H groups in total. The van der Waals surface area contributed by atoms with Crippen LogP contribution in [0.4, 0.5) is 13.2 Å². The molecule has 2 aromatic carbocycles. The first-order valence-corrected chi connectivity index (χ1v) is 10.8. The summed E-state index contributed by atoms with van der Waals surface area (Å²) < 4.78 is 42.6. The Labute approximate surface area is 188 Å². The molecule has 32 heavy (non-hydrogen) atoms. The molecule has 2 aliphatic rings. The third-order valence-electron chi connectivity index (χ3n) is 5.80. The molecule has 2 heterocycles. The van der Waals surface area contributed by atoms with E-state index in [0.717, 1.165) is 18.7 Å². The maximum Gasteiger partial charge on any atom is 0.416 e. The summed E-state index contributed by atoms with van der Waals surface area (Å²) in [5.41, 5.74) is 1.20. The Kier molecular flexibility index (Phi) is 5.29. The van der Waals surface area contributed by atoms with Gasteiger partial charge in [0.05, 0.1) is 23.5 Å². The van der Waals surface area contributed by atoms with Gasteiger partial charge in [-0.1, -0.05) is 29.8 Å². The Morgan fingerprint density at radius 1 is 1.09 bits per heavy atom. The Balaban J connectivity index is 1.64. The van der Waals surface area contributed by atoms with Crippen LogP contribution in [0.5, 0.6) is 0 Å². The Morgan fingerprint density at radius 2 is 1.88 bits per heavy atom. The number of rotatable bonds is 5. The average Bonchev–Trinajstić information content (AvgIpc) is 3.50. The molecule has 3 aromatic rings. The second-order valence-electron chi connectivity index (χ2n) is 8.38. The van der Waals surface area contributed by atoms with Crippen molar-refractivity contribution in [1.82, 2.24) is 19.7 Å². The second kappa shape index (κ2) is 8.01. The molecule has 1 aliphatic carbocycles.